The minimum absolute atomic E-state index is 0.0716. The first-order chi connectivity index (χ1) is 14.4. The predicted octanol–water partition coefficient (Wildman–Crippen LogP) is 4.33. The van der Waals surface area contributed by atoms with Gasteiger partial charge in [-0.05, 0) is 54.3 Å². The Morgan fingerprint density at radius 3 is 2.33 bits per heavy atom. The number of hydrogen-bond donors (Lipinski definition) is 2. The first-order valence-electron chi connectivity index (χ1n) is 9.19. The Hall–Kier alpha value is -4.11. The van der Waals surface area contributed by atoms with E-state index in [2.05, 4.69) is 0 Å². The largest absolute Gasteiger partial charge is 0.506 e. The number of carboxylic acids is 1. The molecule has 0 aromatic heterocycles. The molecule has 0 atom stereocenters. The van der Waals surface area contributed by atoms with Crippen molar-refractivity contribution in [2.24, 2.45) is 0 Å². The summed E-state index contributed by atoms with van der Waals surface area (Å²) in [6, 6.07) is 19.2. The summed E-state index contributed by atoms with van der Waals surface area (Å²) in [5.74, 6) is -1.46. The molecule has 2 N–H and O–H groups in total. The van der Waals surface area contributed by atoms with Gasteiger partial charge in [0.05, 0.1) is 11.1 Å². The molecule has 0 amide bonds. The number of hydrogen-bond acceptors (Lipinski definition) is 5. The van der Waals surface area contributed by atoms with Gasteiger partial charge >= 0.3 is 5.97 Å². The van der Waals surface area contributed by atoms with E-state index in [-0.39, 0.29) is 40.6 Å². The fraction of sp³-hybridized carbons (Fsp3) is 0.125. The van der Waals surface area contributed by atoms with Crippen LogP contribution in [0.4, 0.5) is 0 Å². The van der Waals surface area contributed by atoms with Gasteiger partial charge in [-0.2, -0.15) is 5.26 Å². The fourth-order valence-corrected chi connectivity index (χ4v) is 3.05. The van der Waals surface area contributed by atoms with E-state index in [1.807, 2.05) is 36.4 Å². The SMILES string of the molecule is CC(=O)c1ccc(OCc2ccc(Cc3cccc(C(=O)O)c3)cc2)c(C#N)c1O. The maximum absolute atomic E-state index is 11.5. The standard InChI is InChI=1S/C24H19NO5/c1-15(26)20-9-10-22(21(13-25)23(20)27)30-14-17-7-5-16(6-8-17)11-18-3-2-4-19(12-18)24(28)29/h2-10,12,27H,11,14H2,1H3,(H,28,29). The average Bonchev–Trinajstić information content (AvgIpc) is 2.73. The van der Waals surface area contributed by atoms with Gasteiger partial charge in [-0.1, -0.05) is 36.4 Å². The Kier molecular flexibility index (Phi) is 6.14. The number of aromatic hydroxyl groups is 1. The summed E-state index contributed by atoms with van der Waals surface area (Å²) in [4.78, 5) is 22.6. The molecule has 0 saturated carbocycles. The number of phenolic OH excluding ortho intramolecular Hbond substituents is 1. The summed E-state index contributed by atoms with van der Waals surface area (Å²) in [5.41, 5.74) is 3.04. The third-order valence-corrected chi connectivity index (χ3v) is 4.63. The maximum Gasteiger partial charge on any atom is 0.335 e. The van der Waals surface area contributed by atoms with E-state index < -0.39 is 5.97 Å². The molecule has 0 bridgehead atoms. The molecule has 3 rings (SSSR count). The topological polar surface area (TPSA) is 108 Å². The van der Waals surface area contributed by atoms with Crippen LogP contribution < -0.4 is 4.74 Å². The van der Waals surface area contributed by atoms with E-state index in [0.29, 0.717) is 6.42 Å². The predicted molar refractivity (Wildman–Crippen MR) is 110 cm³/mol. The molecule has 0 unspecified atom stereocenters. The zero-order valence-electron chi connectivity index (χ0n) is 16.3. The summed E-state index contributed by atoms with van der Waals surface area (Å²) in [7, 11) is 0. The van der Waals surface area contributed by atoms with Gasteiger partial charge in [-0.3, -0.25) is 4.79 Å². The number of Topliss-reactive ketones (excluding diaryl/α,β-unsaturated/α-hetero) is 1. The number of nitriles is 1. The van der Waals surface area contributed by atoms with E-state index in [4.69, 9.17) is 9.84 Å². The molecule has 0 aliphatic heterocycles. The zero-order valence-corrected chi connectivity index (χ0v) is 16.3. The Morgan fingerprint density at radius 1 is 1.00 bits per heavy atom. The van der Waals surface area contributed by atoms with Crippen molar-refractivity contribution in [1.82, 2.24) is 0 Å². The molecule has 6 heteroatoms. The van der Waals surface area contributed by atoms with Crippen LogP contribution in [0.5, 0.6) is 11.5 Å². The second-order valence-electron chi connectivity index (χ2n) is 6.79. The number of nitrogens with zero attached hydrogens (tertiary/aromatic N) is 1. The first kappa shape index (κ1) is 20.6. The van der Waals surface area contributed by atoms with Crippen LogP contribution in [0.15, 0.2) is 60.7 Å². The van der Waals surface area contributed by atoms with Gasteiger partial charge in [-0.25, -0.2) is 4.79 Å². The number of carboxylic acid groups (broad SMARTS) is 1. The van der Waals surface area contributed by atoms with E-state index in [0.717, 1.165) is 16.7 Å². The molecule has 150 valence electrons. The van der Waals surface area contributed by atoms with Gasteiger partial charge in [0.15, 0.2) is 5.78 Å². The quantitative estimate of drug-likeness (QED) is 0.571. The van der Waals surface area contributed by atoms with Crippen molar-refractivity contribution >= 4 is 11.8 Å². The van der Waals surface area contributed by atoms with Crippen LogP contribution in [-0.2, 0) is 13.0 Å². The number of rotatable bonds is 7. The van der Waals surface area contributed by atoms with Gasteiger partial charge in [0, 0.05) is 0 Å². The summed E-state index contributed by atoms with van der Waals surface area (Å²) in [6.45, 7) is 1.50. The van der Waals surface area contributed by atoms with Gasteiger partial charge in [-0.15, -0.1) is 0 Å². The number of benzene rings is 3. The molecule has 0 spiro atoms. The molecule has 0 radical (unpaired) electrons. The normalized spacial score (nSPS) is 10.3. The summed E-state index contributed by atoms with van der Waals surface area (Å²) < 4.78 is 5.67. The molecular formula is C24H19NO5. The van der Waals surface area contributed by atoms with Crippen molar-refractivity contribution in [3.05, 3.63) is 94.0 Å². The molecule has 0 fully saturated rings. The highest BCUT2D eigenvalue weighted by Crippen LogP contribution is 2.31. The third-order valence-electron chi connectivity index (χ3n) is 4.63. The molecule has 0 aliphatic rings. The van der Waals surface area contributed by atoms with Gasteiger partial charge in [0.2, 0.25) is 0 Å². The number of ether oxygens (including phenoxy) is 1. The molecule has 6 nitrogen and oxygen atoms in total. The minimum Gasteiger partial charge on any atom is -0.506 e. The lowest BCUT2D eigenvalue weighted by molar-refractivity contribution is 0.0696. The Labute approximate surface area is 173 Å². The van der Waals surface area contributed by atoms with Crippen LogP contribution in [0, 0.1) is 11.3 Å². The third kappa shape index (κ3) is 4.65. The van der Waals surface area contributed by atoms with Gasteiger partial charge in [0.25, 0.3) is 0 Å². The van der Waals surface area contributed by atoms with Crippen LogP contribution in [-0.4, -0.2) is 22.0 Å². The molecule has 30 heavy (non-hydrogen) atoms. The van der Waals surface area contributed by atoms with Crippen molar-refractivity contribution in [2.75, 3.05) is 0 Å². The summed E-state index contributed by atoms with van der Waals surface area (Å²) in [5, 5.41) is 28.5. The Balaban J connectivity index is 1.69. The van der Waals surface area contributed by atoms with Crippen molar-refractivity contribution in [1.29, 1.82) is 5.26 Å². The molecular weight excluding hydrogens is 382 g/mol. The van der Waals surface area contributed by atoms with E-state index in [1.54, 1.807) is 18.2 Å². The highest BCUT2D eigenvalue weighted by molar-refractivity contribution is 5.97. The molecule has 3 aromatic carbocycles. The summed E-state index contributed by atoms with van der Waals surface area (Å²) >= 11 is 0. The molecule has 0 heterocycles. The Morgan fingerprint density at radius 2 is 1.70 bits per heavy atom. The highest BCUT2D eigenvalue weighted by atomic mass is 16.5. The number of ketones is 1. The zero-order chi connectivity index (χ0) is 21.7. The smallest absolute Gasteiger partial charge is 0.335 e. The van der Waals surface area contributed by atoms with Crippen molar-refractivity contribution in [3.63, 3.8) is 0 Å². The lowest BCUT2D eigenvalue weighted by atomic mass is 10.0. The average molecular weight is 401 g/mol. The van der Waals surface area contributed by atoms with Crippen molar-refractivity contribution in [2.45, 2.75) is 20.0 Å². The van der Waals surface area contributed by atoms with Crippen LogP contribution in [0.25, 0.3) is 0 Å². The lowest BCUT2D eigenvalue weighted by Crippen LogP contribution is -2.01. The van der Waals surface area contributed by atoms with E-state index >= 15 is 0 Å². The monoisotopic (exact) mass is 401 g/mol. The molecule has 3 aromatic rings. The number of carbonyl (C=O) groups is 2. The number of carbonyl (C=O) groups excluding carboxylic acids is 1. The summed E-state index contributed by atoms with van der Waals surface area (Å²) in [6.07, 6.45) is 0.598. The van der Waals surface area contributed by atoms with Crippen LogP contribution >= 0.6 is 0 Å². The van der Waals surface area contributed by atoms with Crippen molar-refractivity contribution in [3.8, 4) is 17.6 Å². The van der Waals surface area contributed by atoms with Crippen LogP contribution in [0.3, 0.4) is 0 Å². The number of aromatic carboxylic acids is 1. The Bertz CT molecular complexity index is 1140. The molecule has 0 saturated heterocycles. The van der Waals surface area contributed by atoms with Gasteiger partial charge in [0.1, 0.15) is 29.7 Å². The second kappa shape index (κ2) is 8.93. The first-order valence-corrected chi connectivity index (χ1v) is 9.19. The highest BCUT2D eigenvalue weighted by Gasteiger charge is 2.16. The molecule has 0 aliphatic carbocycles. The van der Waals surface area contributed by atoms with Crippen LogP contribution in [0.2, 0.25) is 0 Å². The van der Waals surface area contributed by atoms with Crippen LogP contribution in [0.1, 0.15) is 49.9 Å². The maximum atomic E-state index is 11.5. The van der Waals surface area contributed by atoms with Gasteiger partial charge < -0.3 is 14.9 Å². The fourth-order valence-electron chi connectivity index (χ4n) is 3.05. The van der Waals surface area contributed by atoms with E-state index in [9.17, 15) is 20.0 Å². The minimum atomic E-state index is -0.955. The van der Waals surface area contributed by atoms with E-state index in [1.165, 1.54) is 19.1 Å². The second-order valence-corrected chi connectivity index (χ2v) is 6.79. The lowest BCUT2D eigenvalue weighted by Gasteiger charge is -2.11. The van der Waals surface area contributed by atoms with Crippen molar-refractivity contribution < 1.29 is 24.5 Å². The number of phenols is 1.